The lowest BCUT2D eigenvalue weighted by molar-refractivity contribution is 0.586. The minimum absolute atomic E-state index is 0.0691. The van der Waals surface area contributed by atoms with Crippen molar-refractivity contribution in [1.82, 2.24) is 0 Å². The summed E-state index contributed by atoms with van der Waals surface area (Å²) < 4.78 is 26.5. The number of halogens is 2. The van der Waals surface area contributed by atoms with Crippen LogP contribution in [0.3, 0.4) is 0 Å². The molecule has 0 saturated carbocycles. The third-order valence-electron chi connectivity index (χ3n) is 3.04. The smallest absolute Gasteiger partial charge is 0.151 e. The van der Waals surface area contributed by atoms with Crippen LogP contribution in [0.5, 0.6) is 0 Å². The maximum atomic E-state index is 13.3. The highest BCUT2D eigenvalue weighted by molar-refractivity contribution is 5.67. The van der Waals surface area contributed by atoms with E-state index in [4.69, 9.17) is 5.73 Å². The highest BCUT2D eigenvalue weighted by Gasteiger charge is 2.11. The van der Waals surface area contributed by atoms with E-state index < -0.39 is 11.6 Å². The molecular formula is C15H16F2N2. The standard InChI is InChI=1S/C15H16F2N2/c1-9-3-5-11(6-4-9)10(2)19-14-8-12(16)7-13(17)15(14)18/h3-8,10,19H,18H2,1-2H3. The van der Waals surface area contributed by atoms with E-state index in [0.717, 1.165) is 17.2 Å². The van der Waals surface area contributed by atoms with Crippen LogP contribution in [0.25, 0.3) is 0 Å². The molecule has 0 fully saturated rings. The molecule has 1 unspecified atom stereocenters. The fourth-order valence-electron chi connectivity index (χ4n) is 1.88. The molecule has 0 amide bonds. The van der Waals surface area contributed by atoms with Gasteiger partial charge in [0.2, 0.25) is 0 Å². The molecule has 2 nitrogen and oxygen atoms in total. The van der Waals surface area contributed by atoms with Gasteiger partial charge in [-0.1, -0.05) is 29.8 Å². The van der Waals surface area contributed by atoms with E-state index in [0.29, 0.717) is 0 Å². The van der Waals surface area contributed by atoms with Gasteiger partial charge in [0.25, 0.3) is 0 Å². The second-order valence-corrected chi connectivity index (χ2v) is 4.63. The SMILES string of the molecule is Cc1ccc(C(C)Nc2cc(F)cc(F)c2N)cc1. The molecule has 1 atom stereocenters. The lowest BCUT2D eigenvalue weighted by atomic mass is 10.1. The number of anilines is 2. The summed E-state index contributed by atoms with van der Waals surface area (Å²) in [5.74, 6) is -1.40. The average molecular weight is 262 g/mol. The molecule has 0 bridgehead atoms. The van der Waals surface area contributed by atoms with Gasteiger partial charge in [0.15, 0.2) is 5.82 Å². The zero-order chi connectivity index (χ0) is 14.0. The van der Waals surface area contributed by atoms with Gasteiger partial charge in [0.1, 0.15) is 5.82 Å². The lowest BCUT2D eigenvalue weighted by Gasteiger charge is -2.17. The molecule has 19 heavy (non-hydrogen) atoms. The molecule has 0 aliphatic carbocycles. The summed E-state index contributed by atoms with van der Waals surface area (Å²) in [7, 11) is 0. The van der Waals surface area contributed by atoms with Crippen LogP contribution in [-0.4, -0.2) is 0 Å². The van der Waals surface area contributed by atoms with Gasteiger partial charge in [0, 0.05) is 12.1 Å². The van der Waals surface area contributed by atoms with Crippen LogP contribution in [0, 0.1) is 18.6 Å². The minimum atomic E-state index is -0.751. The van der Waals surface area contributed by atoms with Crippen LogP contribution in [-0.2, 0) is 0 Å². The van der Waals surface area contributed by atoms with E-state index >= 15 is 0 Å². The summed E-state index contributed by atoms with van der Waals surface area (Å²) in [5, 5.41) is 3.02. The summed E-state index contributed by atoms with van der Waals surface area (Å²) >= 11 is 0. The molecule has 0 aliphatic rings. The van der Waals surface area contributed by atoms with Crippen molar-refractivity contribution in [2.45, 2.75) is 19.9 Å². The van der Waals surface area contributed by atoms with Crippen molar-refractivity contribution < 1.29 is 8.78 Å². The first-order valence-corrected chi connectivity index (χ1v) is 6.05. The normalized spacial score (nSPS) is 12.2. The Balaban J connectivity index is 2.23. The van der Waals surface area contributed by atoms with Crippen molar-refractivity contribution in [3.05, 3.63) is 59.2 Å². The van der Waals surface area contributed by atoms with Gasteiger partial charge in [-0.2, -0.15) is 0 Å². The highest BCUT2D eigenvalue weighted by Crippen LogP contribution is 2.27. The summed E-state index contributed by atoms with van der Waals surface area (Å²) in [6.45, 7) is 3.91. The van der Waals surface area contributed by atoms with E-state index in [2.05, 4.69) is 5.32 Å². The first-order valence-electron chi connectivity index (χ1n) is 6.05. The Morgan fingerprint density at radius 1 is 1.11 bits per heavy atom. The number of nitrogens with one attached hydrogen (secondary N) is 1. The Labute approximate surface area is 111 Å². The monoisotopic (exact) mass is 262 g/mol. The molecule has 0 heterocycles. The molecule has 0 spiro atoms. The Hall–Kier alpha value is -2.10. The van der Waals surface area contributed by atoms with E-state index in [1.54, 1.807) is 0 Å². The zero-order valence-corrected chi connectivity index (χ0v) is 10.9. The predicted octanol–water partition coefficient (Wildman–Crippen LogP) is 4.03. The van der Waals surface area contributed by atoms with Crippen molar-refractivity contribution in [2.24, 2.45) is 0 Å². The number of nitrogens with two attached hydrogens (primary N) is 1. The van der Waals surface area contributed by atoms with Gasteiger partial charge < -0.3 is 11.1 Å². The van der Waals surface area contributed by atoms with Gasteiger partial charge in [-0.05, 0) is 25.5 Å². The number of nitrogen functional groups attached to an aromatic ring is 1. The quantitative estimate of drug-likeness (QED) is 0.820. The van der Waals surface area contributed by atoms with Crippen LogP contribution < -0.4 is 11.1 Å². The van der Waals surface area contributed by atoms with Gasteiger partial charge in [0.05, 0.1) is 11.4 Å². The van der Waals surface area contributed by atoms with Crippen molar-refractivity contribution in [3.63, 3.8) is 0 Å². The third-order valence-corrected chi connectivity index (χ3v) is 3.04. The Morgan fingerprint density at radius 2 is 1.74 bits per heavy atom. The second kappa shape index (κ2) is 5.26. The lowest BCUT2D eigenvalue weighted by Crippen LogP contribution is -2.09. The summed E-state index contributed by atoms with van der Waals surface area (Å²) in [6, 6.07) is 9.80. The second-order valence-electron chi connectivity index (χ2n) is 4.63. The van der Waals surface area contributed by atoms with Crippen LogP contribution in [0.1, 0.15) is 24.1 Å². The molecular weight excluding hydrogens is 246 g/mol. The van der Waals surface area contributed by atoms with Crippen molar-refractivity contribution >= 4 is 11.4 Å². The molecule has 0 radical (unpaired) electrons. The van der Waals surface area contributed by atoms with Gasteiger partial charge in [-0.25, -0.2) is 8.78 Å². The molecule has 3 N–H and O–H groups in total. The summed E-state index contributed by atoms with van der Waals surface area (Å²) in [5.41, 5.74) is 7.98. The molecule has 4 heteroatoms. The van der Waals surface area contributed by atoms with Gasteiger partial charge >= 0.3 is 0 Å². The van der Waals surface area contributed by atoms with Crippen LogP contribution in [0.15, 0.2) is 36.4 Å². The molecule has 0 aromatic heterocycles. The van der Waals surface area contributed by atoms with Crippen LogP contribution >= 0.6 is 0 Å². The van der Waals surface area contributed by atoms with E-state index in [-0.39, 0.29) is 17.4 Å². The van der Waals surface area contributed by atoms with E-state index in [9.17, 15) is 8.78 Å². The fourth-order valence-corrected chi connectivity index (χ4v) is 1.88. The summed E-state index contributed by atoms with van der Waals surface area (Å²) in [4.78, 5) is 0. The molecule has 0 saturated heterocycles. The van der Waals surface area contributed by atoms with Crippen LogP contribution in [0.4, 0.5) is 20.2 Å². The van der Waals surface area contributed by atoms with Crippen molar-refractivity contribution in [1.29, 1.82) is 0 Å². The fraction of sp³-hybridized carbons (Fsp3) is 0.200. The number of rotatable bonds is 3. The van der Waals surface area contributed by atoms with Gasteiger partial charge in [-0.3, -0.25) is 0 Å². The maximum Gasteiger partial charge on any atom is 0.151 e. The minimum Gasteiger partial charge on any atom is -0.395 e. The number of hydrogen-bond acceptors (Lipinski definition) is 2. The Morgan fingerprint density at radius 3 is 2.37 bits per heavy atom. The molecule has 2 aromatic carbocycles. The largest absolute Gasteiger partial charge is 0.395 e. The first-order chi connectivity index (χ1) is 8.97. The zero-order valence-electron chi connectivity index (χ0n) is 10.9. The third kappa shape index (κ3) is 3.02. The molecule has 2 rings (SSSR count). The van der Waals surface area contributed by atoms with Crippen molar-refractivity contribution in [2.75, 3.05) is 11.1 Å². The number of aryl methyl sites for hydroxylation is 1. The molecule has 100 valence electrons. The molecule has 2 aromatic rings. The number of hydrogen-bond donors (Lipinski definition) is 2. The van der Waals surface area contributed by atoms with E-state index in [1.807, 2.05) is 38.1 Å². The Kier molecular flexibility index (Phi) is 3.69. The number of benzene rings is 2. The molecule has 0 aliphatic heterocycles. The topological polar surface area (TPSA) is 38.0 Å². The van der Waals surface area contributed by atoms with Crippen molar-refractivity contribution in [3.8, 4) is 0 Å². The van der Waals surface area contributed by atoms with E-state index in [1.165, 1.54) is 6.07 Å². The first kappa shape index (κ1) is 13.3. The van der Waals surface area contributed by atoms with Crippen LogP contribution in [0.2, 0.25) is 0 Å². The van der Waals surface area contributed by atoms with Gasteiger partial charge in [-0.15, -0.1) is 0 Å². The Bertz CT molecular complexity index is 579. The average Bonchev–Trinajstić information content (AvgIpc) is 2.36. The predicted molar refractivity (Wildman–Crippen MR) is 74.0 cm³/mol. The maximum absolute atomic E-state index is 13.3. The highest BCUT2D eigenvalue weighted by atomic mass is 19.1. The summed E-state index contributed by atoms with van der Waals surface area (Å²) in [6.07, 6.45) is 0.